The summed E-state index contributed by atoms with van der Waals surface area (Å²) in [6.45, 7) is -0.557. The summed E-state index contributed by atoms with van der Waals surface area (Å²) >= 11 is 0. The van der Waals surface area contributed by atoms with E-state index in [4.69, 9.17) is 22.0 Å². The van der Waals surface area contributed by atoms with Crippen LogP contribution >= 0.6 is 0 Å². The predicted octanol–water partition coefficient (Wildman–Crippen LogP) is -2.78. The van der Waals surface area contributed by atoms with Crippen LogP contribution in [0.4, 0.5) is 5.82 Å². The molecule has 1 aliphatic rings. The molecule has 1 saturated heterocycles. The van der Waals surface area contributed by atoms with Gasteiger partial charge in [0, 0.05) is 6.20 Å². The number of anilines is 1. The zero-order valence-electron chi connectivity index (χ0n) is 9.80. The van der Waals surface area contributed by atoms with E-state index >= 15 is 0 Å². The third-order valence-corrected chi connectivity index (χ3v) is 3.01. The van der Waals surface area contributed by atoms with Crippen molar-refractivity contribution in [3.8, 4) is 12.3 Å². The van der Waals surface area contributed by atoms with Crippen molar-refractivity contribution in [3.05, 3.63) is 22.7 Å². The van der Waals surface area contributed by atoms with Crippen molar-refractivity contribution in [2.75, 3.05) is 12.3 Å². The first kappa shape index (κ1) is 13.5. The van der Waals surface area contributed by atoms with Gasteiger partial charge in [-0.1, -0.05) is 0 Å². The van der Waals surface area contributed by atoms with Crippen LogP contribution < -0.4 is 11.4 Å². The maximum atomic E-state index is 11.8. The molecule has 0 radical (unpaired) electrons. The minimum absolute atomic E-state index is 0.0137. The summed E-state index contributed by atoms with van der Waals surface area (Å²) < 4.78 is 6.13. The molecule has 4 atom stereocenters. The molecule has 0 spiro atoms. The van der Waals surface area contributed by atoms with Crippen LogP contribution in [-0.4, -0.2) is 49.8 Å². The molecular weight excluding hydrogens is 254 g/mol. The third kappa shape index (κ3) is 1.89. The molecule has 102 valence electrons. The smallest absolute Gasteiger partial charge is 0.352 e. The number of nitrogens with zero attached hydrogens (tertiary/aromatic N) is 2. The molecule has 1 aromatic heterocycles. The van der Waals surface area contributed by atoms with Crippen LogP contribution in [0.3, 0.4) is 0 Å². The Morgan fingerprint density at radius 1 is 1.63 bits per heavy atom. The highest BCUT2D eigenvalue weighted by Crippen LogP contribution is 2.34. The SMILES string of the molecule is C#C[C@@]1(n2ccc(N)nc2=O)O[C@H](CO)C(O)C1O. The highest BCUT2D eigenvalue weighted by Gasteiger charge is 2.55. The second-order valence-corrected chi connectivity index (χ2v) is 4.12. The fraction of sp³-hybridized carbons (Fsp3) is 0.455. The van der Waals surface area contributed by atoms with Crippen molar-refractivity contribution in [3.63, 3.8) is 0 Å². The van der Waals surface area contributed by atoms with E-state index in [1.54, 1.807) is 0 Å². The quantitative estimate of drug-likeness (QED) is 0.426. The molecule has 19 heavy (non-hydrogen) atoms. The average molecular weight is 267 g/mol. The standard InChI is InChI=1S/C11H13N3O5/c1-2-11(9(17)8(16)6(5-15)19-11)14-4-3-7(12)13-10(14)18/h1,3-4,6,8-9,15-17H,5H2,(H2,12,13,18)/t6-,8?,9?,11-/m1/s1. The summed E-state index contributed by atoms with van der Waals surface area (Å²) in [5.41, 5.74) is 2.60. The number of nitrogens with two attached hydrogens (primary N) is 1. The van der Waals surface area contributed by atoms with Gasteiger partial charge in [0.2, 0.25) is 5.72 Å². The Labute approximate surface area is 108 Å². The average Bonchev–Trinajstić information content (AvgIpc) is 2.64. The summed E-state index contributed by atoms with van der Waals surface area (Å²) in [7, 11) is 0. The van der Waals surface area contributed by atoms with E-state index in [1.807, 2.05) is 0 Å². The zero-order chi connectivity index (χ0) is 14.2. The molecule has 1 aliphatic heterocycles. The first-order chi connectivity index (χ1) is 8.96. The molecular formula is C11H13N3O5. The largest absolute Gasteiger partial charge is 0.394 e. The van der Waals surface area contributed by atoms with Crippen molar-refractivity contribution in [2.45, 2.75) is 24.0 Å². The van der Waals surface area contributed by atoms with Crippen LogP contribution in [0.5, 0.6) is 0 Å². The fourth-order valence-corrected chi connectivity index (χ4v) is 2.01. The van der Waals surface area contributed by atoms with Gasteiger partial charge in [-0.2, -0.15) is 4.98 Å². The number of ether oxygens (including phenoxy) is 1. The van der Waals surface area contributed by atoms with E-state index in [2.05, 4.69) is 10.9 Å². The summed E-state index contributed by atoms with van der Waals surface area (Å²) in [6, 6.07) is 1.30. The molecule has 2 unspecified atom stereocenters. The maximum Gasteiger partial charge on any atom is 0.352 e. The van der Waals surface area contributed by atoms with Crippen LogP contribution in [0.25, 0.3) is 0 Å². The van der Waals surface area contributed by atoms with Crippen molar-refractivity contribution in [1.29, 1.82) is 0 Å². The first-order valence-corrected chi connectivity index (χ1v) is 5.44. The highest BCUT2D eigenvalue weighted by atomic mass is 16.6. The van der Waals surface area contributed by atoms with E-state index in [9.17, 15) is 15.0 Å². The number of hydrogen-bond acceptors (Lipinski definition) is 7. The van der Waals surface area contributed by atoms with Crippen molar-refractivity contribution in [1.82, 2.24) is 9.55 Å². The predicted molar refractivity (Wildman–Crippen MR) is 63.7 cm³/mol. The third-order valence-electron chi connectivity index (χ3n) is 3.01. The molecule has 1 fully saturated rings. The summed E-state index contributed by atoms with van der Waals surface area (Å²) in [5, 5.41) is 28.8. The Morgan fingerprint density at radius 3 is 2.79 bits per heavy atom. The molecule has 8 heteroatoms. The number of aromatic nitrogens is 2. The Bertz CT molecular complexity index is 580. The van der Waals surface area contributed by atoms with Crippen LogP contribution in [0.15, 0.2) is 17.1 Å². The summed E-state index contributed by atoms with van der Waals surface area (Å²) in [5.74, 6) is 2.12. The van der Waals surface area contributed by atoms with E-state index < -0.39 is 36.3 Å². The highest BCUT2D eigenvalue weighted by molar-refractivity contribution is 5.25. The number of aliphatic hydroxyl groups excluding tert-OH is 3. The van der Waals surface area contributed by atoms with Crippen molar-refractivity contribution < 1.29 is 20.1 Å². The molecule has 0 aliphatic carbocycles. The van der Waals surface area contributed by atoms with Gasteiger partial charge in [-0.3, -0.25) is 4.57 Å². The van der Waals surface area contributed by atoms with Crippen molar-refractivity contribution >= 4 is 5.82 Å². The van der Waals surface area contributed by atoms with E-state index in [1.165, 1.54) is 12.3 Å². The van der Waals surface area contributed by atoms with Crippen LogP contribution in [0.2, 0.25) is 0 Å². The molecule has 1 aromatic rings. The molecule has 0 bridgehead atoms. The van der Waals surface area contributed by atoms with Gasteiger partial charge in [0.15, 0.2) is 0 Å². The number of aliphatic hydroxyl groups is 3. The van der Waals surface area contributed by atoms with E-state index in [-0.39, 0.29) is 5.82 Å². The molecule has 8 nitrogen and oxygen atoms in total. The lowest BCUT2D eigenvalue weighted by molar-refractivity contribution is -0.107. The van der Waals surface area contributed by atoms with Crippen LogP contribution in [-0.2, 0) is 10.5 Å². The van der Waals surface area contributed by atoms with Crippen LogP contribution in [0.1, 0.15) is 0 Å². The Kier molecular flexibility index (Phi) is 3.30. The maximum absolute atomic E-state index is 11.8. The summed E-state index contributed by atoms with van der Waals surface area (Å²) in [6.07, 6.45) is 2.43. The second kappa shape index (κ2) is 4.64. The molecule has 0 amide bonds. The Hall–Kier alpha value is -1.92. The van der Waals surface area contributed by atoms with Crippen LogP contribution in [0, 0.1) is 12.3 Å². The molecule has 0 saturated carbocycles. The van der Waals surface area contributed by atoms with E-state index in [0.29, 0.717) is 0 Å². The van der Waals surface area contributed by atoms with Gasteiger partial charge in [-0.15, -0.1) is 6.42 Å². The zero-order valence-corrected chi connectivity index (χ0v) is 9.80. The molecule has 0 aromatic carbocycles. The lowest BCUT2D eigenvalue weighted by Crippen LogP contribution is -2.49. The topological polar surface area (TPSA) is 131 Å². The van der Waals surface area contributed by atoms with Gasteiger partial charge in [0.1, 0.15) is 24.1 Å². The number of hydrogen-bond donors (Lipinski definition) is 4. The van der Waals surface area contributed by atoms with E-state index in [0.717, 1.165) is 4.57 Å². The normalized spacial score (nSPS) is 34.1. The fourth-order valence-electron chi connectivity index (χ4n) is 2.01. The Balaban J connectivity index is 2.56. The lowest BCUT2D eigenvalue weighted by Gasteiger charge is -2.28. The number of rotatable bonds is 2. The first-order valence-electron chi connectivity index (χ1n) is 5.44. The Morgan fingerprint density at radius 2 is 2.32 bits per heavy atom. The monoisotopic (exact) mass is 267 g/mol. The molecule has 5 N–H and O–H groups in total. The van der Waals surface area contributed by atoms with Crippen molar-refractivity contribution in [2.24, 2.45) is 0 Å². The van der Waals surface area contributed by atoms with Gasteiger partial charge < -0.3 is 25.8 Å². The molecule has 2 rings (SSSR count). The minimum Gasteiger partial charge on any atom is -0.394 e. The van der Waals surface area contributed by atoms with Gasteiger partial charge in [0.05, 0.1) is 6.61 Å². The summed E-state index contributed by atoms with van der Waals surface area (Å²) in [4.78, 5) is 15.3. The lowest BCUT2D eigenvalue weighted by atomic mass is 10.0. The number of nitrogen functional groups attached to an aromatic ring is 1. The minimum atomic E-state index is -1.93. The van der Waals surface area contributed by atoms with Gasteiger partial charge in [-0.05, 0) is 12.0 Å². The second-order valence-electron chi connectivity index (χ2n) is 4.12. The van der Waals surface area contributed by atoms with Gasteiger partial charge in [0.25, 0.3) is 0 Å². The van der Waals surface area contributed by atoms with Gasteiger partial charge >= 0.3 is 5.69 Å². The molecule has 2 heterocycles. The van der Waals surface area contributed by atoms with Gasteiger partial charge in [-0.25, -0.2) is 4.79 Å². The number of terminal acetylenes is 1.